The van der Waals surface area contributed by atoms with Gasteiger partial charge in [0, 0.05) is 12.6 Å². The number of alkyl halides is 2. The number of benzene rings is 2. The molecule has 1 atom stereocenters. The lowest BCUT2D eigenvalue weighted by Gasteiger charge is -2.25. The maximum Gasteiger partial charge on any atom is 0.251 e. The van der Waals surface area contributed by atoms with Gasteiger partial charge in [0.25, 0.3) is 6.43 Å². The fourth-order valence-electron chi connectivity index (χ4n) is 2.58. The van der Waals surface area contributed by atoms with Gasteiger partial charge < -0.3 is 5.32 Å². The second kappa shape index (κ2) is 7.48. The highest BCUT2D eigenvalue weighted by Gasteiger charge is 2.15. The van der Waals surface area contributed by atoms with Crippen LogP contribution in [0.2, 0.25) is 0 Å². The summed E-state index contributed by atoms with van der Waals surface area (Å²) < 4.78 is 24.9. The molecule has 0 spiro atoms. The Morgan fingerprint density at radius 1 is 1.05 bits per heavy atom. The molecule has 0 fully saturated rings. The standard InChI is InChI=1S/C17H22F2N2/c1-3-20-16(11-21(2)12-17(18)19)15-9-8-13-6-4-5-7-14(13)10-15/h4-10,16-17,20H,3,11-12H2,1-2H3. The highest BCUT2D eigenvalue weighted by atomic mass is 19.3. The molecule has 0 aromatic heterocycles. The van der Waals surface area contributed by atoms with Crippen LogP contribution in [0.15, 0.2) is 42.5 Å². The van der Waals surface area contributed by atoms with E-state index in [2.05, 4.69) is 35.6 Å². The Morgan fingerprint density at radius 2 is 1.76 bits per heavy atom. The van der Waals surface area contributed by atoms with E-state index in [9.17, 15) is 8.78 Å². The molecule has 0 bridgehead atoms. The largest absolute Gasteiger partial charge is 0.309 e. The highest BCUT2D eigenvalue weighted by molar-refractivity contribution is 5.83. The summed E-state index contributed by atoms with van der Waals surface area (Å²) in [7, 11) is 1.73. The van der Waals surface area contributed by atoms with Gasteiger partial charge >= 0.3 is 0 Å². The predicted molar refractivity (Wildman–Crippen MR) is 83.9 cm³/mol. The van der Waals surface area contributed by atoms with Gasteiger partial charge in [-0.2, -0.15) is 0 Å². The van der Waals surface area contributed by atoms with E-state index in [1.54, 1.807) is 11.9 Å². The van der Waals surface area contributed by atoms with Crippen LogP contribution in [-0.2, 0) is 0 Å². The number of nitrogens with zero attached hydrogens (tertiary/aromatic N) is 1. The molecule has 0 saturated heterocycles. The van der Waals surface area contributed by atoms with Gasteiger partial charge in [-0.3, -0.25) is 4.90 Å². The van der Waals surface area contributed by atoms with Gasteiger partial charge in [0.15, 0.2) is 0 Å². The summed E-state index contributed by atoms with van der Waals surface area (Å²) in [6.07, 6.45) is -2.30. The maximum atomic E-state index is 12.5. The molecule has 2 rings (SSSR count). The van der Waals surface area contributed by atoms with E-state index in [-0.39, 0.29) is 12.6 Å². The van der Waals surface area contributed by atoms with E-state index >= 15 is 0 Å². The average Bonchev–Trinajstić information content (AvgIpc) is 2.45. The van der Waals surface area contributed by atoms with Crippen LogP contribution < -0.4 is 5.32 Å². The minimum absolute atomic E-state index is 0.0587. The van der Waals surface area contributed by atoms with Crippen molar-refractivity contribution in [1.82, 2.24) is 10.2 Å². The van der Waals surface area contributed by atoms with E-state index < -0.39 is 6.43 Å². The zero-order chi connectivity index (χ0) is 15.2. The summed E-state index contributed by atoms with van der Waals surface area (Å²) in [5.41, 5.74) is 1.14. The third-order valence-electron chi connectivity index (χ3n) is 3.57. The van der Waals surface area contributed by atoms with Crippen molar-refractivity contribution in [1.29, 1.82) is 0 Å². The van der Waals surface area contributed by atoms with Gasteiger partial charge in [0.2, 0.25) is 0 Å². The van der Waals surface area contributed by atoms with Crippen molar-refractivity contribution in [3.63, 3.8) is 0 Å². The van der Waals surface area contributed by atoms with Gasteiger partial charge in [-0.05, 0) is 36.0 Å². The zero-order valence-electron chi connectivity index (χ0n) is 12.5. The fraction of sp³-hybridized carbons (Fsp3) is 0.412. The van der Waals surface area contributed by atoms with E-state index in [4.69, 9.17) is 0 Å². The predicted octanol–water partition coefficient (Wildman–Crippen LogP) is 3.69. The van der Waals surface area contributed by atoms with Crippen LogP contribution in [0.25, 0.3) is 10.8 Å². The number of hydrogen-bond acceptors (Lipinski definition) is 2. The van der Waals surface area contributed by atoms with Crippen molar-refractivity contribution in [3.05, 3.63) is 48.0 Å². The van der Waals surface area contributed by atoms with Crippen molar-refractivity contribution in [2.24, 2.45) is 0 Å². The van der Waals surface area contributed by atoms with E-state index in [1.807, 2.05) is 19.1 Å². The molecule has 0 aliphatic carbocycles. The molecule has 1 unspecified atom stereocenters. The first-order chi connectivity index (χ1) is 10.1. The summed E-state index contributed by atoms with van der Waals surface area (Å²) in [4.78, 5) is 1.67. The Bertz CT molecular complexity index is 571. The second-order valence-corrected chi connectivity index (χ2v) is 5.33. The van der Waals surface area contributed by atoms with E-state index in [0.29, 0.717) is 6.54 Å². The van der Waals surface area contributed by atoms with Gasteiger partial charge in [0.05, 0.1) is 6.54 Å². The van der Waals surface area contributed by atoms with Crippen LogP contribution in [0.4, 0.5) is 8.78 Å². The summed E-state index contributed by atoms with van der Waals surface area (Å²) >= 11 is 0. The molecule has 2 aromatic carbocycles. The SMILES string of the molecule is CCNC(CN(C)CC(F)F)c1ccc2ccccc2c1. The Hall–Kier alpha value is -1.52. The van der Waals surface area contributed by atoms with Crippen LogP contribution in [0.1, 0.15) is 18.5 Å². The summed E-state index contributed by atoms with van der Waals surface area (Å²) in [5, 5.41) is 5.75. The molecule has 2 nitrogen and oxygen atoms in total. The first-order valence-corrected chi connectivity index (χ1v) is 7.29. The Balaban J connectivity index is 2.18. The van der Waals surface area contributed by atoms with E-state index in [1.165, 1.54) is 10.8 Å². The first-order valence-electron chi connectivity index (χ1n) is 7.29. The number of nitrogens with one attached hydrogen (secondary N) is 1. The lowest BCUT2D eigenvalue weighted by Crippen LogP contribution is -2.35. The highest BCUT2D eigenvalue weighted by Crippen LogP contribution is 2.21. The monoisotopic (exact) mass is 292 g/mol. The lowest BCUT2D eigenvalue weighted by atomic mass is 10.0. The minimum atomic E-state index is -2.30. The molecular formula is C17H22F2N2. The van der Waals surface area contributed by atoms with E-state index in [0.717, 1.165) is 12.1 Å². The smallest absolute Gasteiger partial charge is 0.251 e. The molecule has 0 heterocycles. The number of hydrogen-bond donors (Lipinski definition) is 1. The molecule has 0 aliphatic rings. The molecule has 0 saturated carbocycles. The number of halogens is 2. The molecular weight excluding hydrogens is 270 g/mol. The molecule has 1 N–H and O–H groups in total. The normalized spacial score (nSPS) is 13.2. The number of fused-ring (bicyclic) bond motifs is 1. The zero-order valence-corrected chi connectivity index (χ0v) is 12.5. The molecule has 114 valence electrons. The second-order valence-electron chi connectivity index (χ2n) is 5.33. The molecule has 0 amide bonds. The topological polar surface area (TPSA) is 15.3 Å². The minimum Gasteiger partial charge on any atom is -0.309 e. The van der Waals surface area contributed by atoms with Crippen molar-refractivity contribution < 1.29 is 8.78 Å². The molecule has 4 heteroatoms. The van der Waals surface area contributed by atoms with Crippen molar-refractivity contribution >= 4 is 10.8 Å². The van der Waals surface area contributed by atoms with Crippen LogP contribution in [0.3, 0.4) is 0 Å². The Kier molecular flexibility index (Phi) is 5.65. The molecule has 0 aliphatic heterocycles. The van der Waals surface area contributed by atoms with Crippen LogP contribution in [-0.4, -0.2) is 38.0 Å². The van der Waals surface area contributed by atoms with Crippen molar-refractivity contribution in [2.45, 2.75) is 19.4 Å². The molecule has 2 aromatic rings. The summed E-state index contributed by atoms with van der Waals surface area (Å²) in [5.74, 6) is 0. The third kappa shape index (κ3) is 4.48. The van der Waals surface area contributed by atoms with Gasteiger partial charge in [-0.25, -0.2) is 8.78 Å². The number of rotatable bonds is 7. The van der Waals surface area contributed by atoms with Crippen molar-refractivity contribution in [3.8, 4) is 0 Å². The van der Waals surface area contributed by atoms with Crippen molar-refractivity contribution in [2.75, 3.05) is 26.7 Å². The molecule has 21 heavy (non-hydrogen) atoms. The third-order valence-corrected chi connectivity index (χ3v) is 3.57. The maximum absolute atomic E-state index is 12.5. The Morgan fingerprint density at radius 3 is 2.43 bits per heavy atom. The fourth-order valence-corrected chi connectivity index (χ4v) is 2.58. The summed E-state index contributed by atoms with van der Waals surface area (Å²) in [6.45, 7) is 3.20. The number of likely N-dealkylation sites (N-methyl/N-ethyl adjacent to an activating group) is 2. The first kappa shape index (κ1) is 15.9. The molecule has 0 radical (unpaired) electrons. The average molecular weight is 292 g/mol. The van der Waals surface area contributed by atoms with Gasteiger partial charge in [-0.1, -0.05) is 43.3 Å². The summed E-state index contributed by atoms with van der Waals surface area (Å²) in [6, 6.07) is 14.5. The van der Waals surface area contributed by atoms with Gasteiger partial charge in [0.1, 0.15) is 0 Å². The quantitative estimate of drug-likeness (QED) is 0.837. The van der Waals surface area contributed by atoms with Crippen LogP contribution in [0.5, 0.6) is 0 Å². The van der Waals surface area contributed by atoms with Crippen LogP contribution >= 0.6 is 0 Å². The van der Waals surface area contributed by atoms with Gasteiger partial charge in [-0.15, -0.1) is 0 Å². The van der Waals surface area contributed by atoms with Crippen LogP contribution in [0, 0.1) is 0 Å². The lowest BCUT2D eigenvalue weighted by molar-refractivity contribution is 0.0960. The Labute approximate surface area is 124 Å².